The Bertz CT molecular complexity index is 862. The summed E-state index contributed by atoms with van der Waals surface area (Å²) in [6, 6.07) is 4.27. The molecule has 0 aliphatic carbocycles. The molecule has 3 N–H and O–H groups in total. The van der Waals surface area contributed by atoms with Crippen LogP contribution >= 0.6 is 0 Å². The molecule has 0 saturated carbocycles. The molecule has 1 aromatic carbocycles. The topological polar surface area (TPSA) is 108 Å². The Labute approximate surface area is 163 Å². The van der Waals surface area contributed by atoms with E-state index in [-0.39, 0.29) is 18.7 Å². The molecule has 8 heteroatoms. The van der Waals surface area contributed by atoms with Gasteiger partial charge in [0.2, 0.25) is 11.8 Å². The Balaban J connectivity index is 1.48. The Kier molecular flexibility index (Phi) is 4.76. The average Bonchev–Trinajstić information content (AvgIpc) is 2.89. The van der Waals surface area contributed by atoms with Gasteiger partial charge in [-0.1, -0.05) is 19.1 Å². The van der Waals surface area contributed by atoms with Crippen molar-refractivity contribution in [1.29, 1.82) is 0 Å². The number of benzene rings is 1. The number of imide groups is 2. The Morgan fingerprint density at radius 2 is 1.96 bits per heavy atom. The first kappa shape index (κ1) is 18.8. The number of piperidine rings is 1. The van der Waals surface area contributed by atoms with Gasteiger partial charge < -0.3 is 10.6 Å². The zero-order valence-corrected chi connectivity index (χ0v) is 15.8. The third kappa shape index (κ3) is 3.22. The van der Waals surface area contributed by atoms with E-state index in [0.29, 0.717) is 23.1 Å². The Morgan fingerprint density at radius 3 is 2.64 bits per heavy atom. The van der Waals surface area contributed by atoms with Crippen LogP contribution in [0.3, 0.4) is 0 Å². The van der Waals surface area contributed by atoms with Crippen LogP contribution in [-0.2, 0) is 16.1 Å². The van der Waals surface area contributed by atoms with Gasteiger partial charge >= 0.3 is 0 Å². The molecule has 0 aromatic heterocycles. The highest BCUT2D eigenvalue weighted by Crippen LogP contribution is 2.30. The SMILES string of the molecule is CC1(CCNCc2cccc3c2C(=O)N(C2CCC(=O)NC2=O)C3=O)CNC1. The third-order valence-electron chi connectivity index (χ3n) is 5.88. The van der Waals surface area contributed by atoms with Crippen molar-refractivity contribution in [2.24, 2.45) is 5.41 Å². The second-order valence-corrected chi connectivity index (χ2v) is 8.13. The van der Waals surface area contributed by atoms with E-state index in [2.05, 4.69) is 22.9 Å². The van der Waals surface area contributed by atoms with E-state index >= 15 is 0 Å². The van der Waals surface area contributed by atoms with Gasteiger partial charge in [-0.2, -0.15) is 0 Å². The molecule has 2 saturated heterocycles. The maximum Gasteiger partial charge on any atom is 0.262 e. The van der Waals surface area contributed by atoms with Gasteiger partial charge in [0.1, 0.15) is 6.04 Å². The average molecular weight is 384 g/mol. The number of hydrogen-bond donors (Lipinski definition) is 3. The first-order chi connectivity index (χ1) is 13.4. The van der Waals surface area contributed by atoms with Crippen LogP contribution in [0.25, 0.3) is 0 Å². The minimum atomic E-state index is -0.933. The second kappa shape index (κ2) is 7.10. The van der Waals surface area contributed by atoms with Crippen molar-refractivity contribution in [2.45, 2.75) is 38.8 Å². The predicted octanol–water partition coefficient (Wildman–Crippen LogP) is 0.177. The molecule has 148 valence electrons. The summed E-state index contributed by atoms with van der Waals surface area (Å²) in [5.74, 6) is -1.89. The summed E-state index contributed by atoms with van der Waals surface area (Å²) in [4.78, 5) is 50.4. The van der Waals surface area contributed by atoms with Gasteiger partial charge in [-0.25, -0.2) is 0 Å². The van der Waals surface area contributed by atoms with Crippen molar-refractivity contribution >= 4 is 23.6 Å². The molecule has 1 unspecified atom stereocenters. The van der Waals surface area contributed by atoms with Crippen molar-refractivity contribution in [2.75, 3.05) is 19.6 Å². The summed E-state index contributed by atoms with van der Waals surface area (Å²) >= 11 is 0. The summed E-state index contributed by atoms with van der Waals surface area (Å²) in [5.41, 5.74) is 1.76. The van der Waals surface area contributed by atoms with Crippen LogP contribution in [0, 0.1) is 5.41 Å². The lowest BCUT2D eigenvalue weighted by Crippen LogP contribution is -2.54. The quantitative estimate of drug-likeness (QED) is 0.477. The molecule has 1 aromatic rings. The van der Waals surface area contributed by atoms with Gasteiger partial charge in [-0.15, -0.1) is 0 Å². The zero-order valence-electron chi connectivity index (χ0n) is 15.8. The monoisotopic (exact) mass is 384 g/mol. The predicted molar refractivity (Wildman–Crippen MR) is 100 cm³/mol. The highest BCUT2D eigenvalue weighted by molar-refractivity contribution is 6.24. The van der Waals surface area contributed by atoms with E-state index in [9.17, 15) is 19.2 Å². The van der Waals surface area contributed by atoms with E-state index in [1.165, 1.54) is 0 Å². The Morgan fingerprint density at radius 1 is 1.18 bits per heavy atom. The molecule has 0 radical (unpaired) electrons. The molecule has 3 heterocycles. The molecule has 2 fully saturated rings. The fourth-order valence-corrected chi connectivity index (χ4v) is 4.07. The van der Waals surface area contributed by atoms with Crippen molar-refractivity contribution in [3.63, 3.8) is 0 Å². The largest absolute Gasteiger partial charge is 0.316 e. The van der Waals surface area contributed by atoms with Gasteiger partial charge in [0, 0.05) is 26.1 Å². The lowest BCUT2D eigenvalue weighted by atomic mass is 9.81. The second-order valence-electron chi connectivity index (χ2n) is 8.13. The number of carbonyl (C=O) groups is 4. The lowest BCUT2D eigenvalue weighted by Gasteiger charge is -2.39. The molecule has 8 nitrogen and oxygen atoms in total. The van der Waals surface area contributed by atoms with E-state index in [1.807, 2.05) is 6.07 Å². The summed E-state index contributed by atoms with van der Waals surface area (Å²) < 4.78 is 0. The summed E-state index contributed by atoms with van der Waals surface area (Å²) in [6.07, 6.45) is 1.31. The molecule has 3 aliphatic heterocycles. The maximum absolute atomic E-state index is 13.0. The van der Waals surface area contributed by atoms with Crippen LogP contribution in [0.2, 0.25) is 0 Å². The van der Waals surface area contributed by atoms with Gasteiger partial charge in [-0.05, 0) is 36.4 Å². The van der Waals surface area contributed by atoms with E-state index in [1.54, 1.807) is 12.1 Å². The third-order valence-corrected chi connectivity index (χ3v) is 5.88. The molecule has 3 aliphatic rings. The van der Waals surface area contributed by atoms with Gasteiger partial charge in [0.15, 0.2) is 0 Å². The minimum Gasteiger partial charge on any atom is -0.316 e. The molecular weight excluding hydrogens is 360 g/mol. The fraction of sp³-hybridized carbons (Fsp3) is 0.500. The fourth-order valence-electron chi connectivity index (χ4n) is 4.07. The van der Waals surface area contributed by atoms with E-state index < -0.39 is 23.8 Å². The van der Waals surface area contributed by atoms with Crippen LogP contribution in [0.15, 0.2) is 18.2 Å². The molecule has 0 bridgehead atoms. The highest BCUT2D eigenvalue weighted by atomic mass is 16.2. The summed E-state index contributed by atoms with van der Waals surface area (Å²) in [6.45, 7) is 5.58. The number of hydrogen-bond acceptors (Lipinski definition) is 6. The number of rotatable bonds is 6. The van der Waals surface area contributed by atoms with Crippen molar-refractivity contribution in [3.8, 4) is 0 Å². The van der Waals surface area contributed by atoms with Crippen LogP contribution in [0.5, 0.6) is 0 Å². The summed E-state index contributed by atoms with van der Waals surface area (Å²) in [5, 5.41) is 8.86. The number of nitrogens with one attached hydrogen (secondary N) is 3. The molecule has 0 spiro atoms. The van der Waals surface area contributed by atoms with Crippen molar-refractivity contribution in [1.82, 2.24) is 20.9 Å². The molecule has 4 amide bonds. The van der Waals surface area contributed by atoms with Crippen molar-refractivity contribution < 1.29 is 19.2 Å². The minimum absolute atomic E-state index is 0.117. The smallest absolute Gasteiger partial charge is 0.262 e. The number of amides is 4. The van der Waals surface area contributed by atoms with Crippen LogP contribution in [0.4, 0.5) is 0 Å². The molecule has 4 rings (SSSR count). The van der Waals surface area contributed by atoms with Crippen LogP contribution in [0.1, 0.15) is 52.5 Å². The summed E-state index contributed by atoms with van der Waals surface area (Å²) in [7, 11) is 0. The van der Waals surface area contributed by atoms with Gasteiger partial charge in [-0.3, -0.25) is 29.4 Å². The highest BCUT2D eigenvalue weighted by Gasteiger charge is 2.45. The standard InChI is InChI=1S/C20H24N4O4/c1-20(10-22-11-20)7-8-21-9-12-3-2-4-13-16(12)19(28)24(18(13)27)14-5-6-15(25)23-17(14)26/h2-4,14,21-22H,5-11H2,1H3,(H,23,25,26). The number of carbonyl (C=O) groups excluding carboxylic acids is 4. The number of nitrogens with zero attached hydrogens (tertiary/aromatic N) is 1. The first-order valence-electron chi connectivity index (χ1n) is 9.64. The normalized spacial score (nSPS) is 23.5. The van der Waals surface area contributed by atoms with Crippen molar-refractivity contribution in [3.05, 3.63) is 34.9 Å². The van der Waals surface area contributed by atoms with Gasteiger partial charge in [0.25, 0.3) is 11.8 Å². The van der Waals surface area contributed by atoms with E-state index in [4.69, 9.17) is 0 Å². The lowest BCUT2D eigenvalue weighted by molar-refractivity contribution is -0.136. The Hall–Kier alpha value is -2.58. The molecular formula is C20H24N4O4. The first-order valence-corrected chi connectivity index (χ1v) is 9.64. The molecule has 28 heavy (non-hydrogen) atoms. The van der Waals surface area contributed by atoms with Crippen LogP contribution in [-0.4, -0.2) is 54.2 Å². The van der Waals surface area contributed by atoms with E-state index in [0.717, 1.165) is 36.5 Å². The zero-order chi connectivity index (χ0) is 19.9. The van der Waals surface area contributed by atoms with Gasteiger partial charge in [0.05, 0.1) is 11.1 Å². The maximum atomic E-state index is 13.0. The molecule has 1 atom stereocenters. The van der Waals surface area contributed by atoms with Crippen LogP contribution < -0.4 is 16.0 Å². The number of fused-ring (bicyclic) bond motifs is 1.